The normalized spacial score (nSPS) is 23.7. The minimum absolute atomic E-state index is 0.192. The molecular formula is C14H19N3O. The van der Waals surface area contributed by atoms with Gasteiger partial charge in [-0.15, -0.1) is 0 Å². The Labute approximate surface area is 108 Å². The molecule has 0 spiro atoms. The number of hydrogen-bond acceptors (Lipinski definition) is 4. The largest absolute Gasteiger partial charge is 0.399 e. The van der Waals surface area contributed by atoms with Gasteiger partial charge in [-0.05, 0) is 31.5 Å². The van der Waals surface area contributed by atoms with Crippen LogP contribution in [0.5, 0.6) is 0 Å². The molecule has 0 aromatic heterocycles. The highest BCUT2D eigenvalue weighted by Crippen LogP contribution is 2.28. The zero-order valence-corrected chi connectivity index (χ0v) is 10.9. The third-order valence-electron chi connectivity index (χ3n) is 3.39. The molecule has 1 aromatic rings. The van der Waals surface area contributed by atoms with Gasteiger partial charge in [0.25, 0.3) is 0 Å². The van der Waals surface area contributed by atoms with Gasteiger partial charge in [0.2, 0.25) is 0 Å². The molecule has 4 nitrogen and oxygen atoms in total. The molecule has 0 saturated carbocycles. The Hall–Kier alpha value is -1.73. The van der Waals surface area contributed by atoms with E-state index in [-0.39, 0.29) is 6.10 Å². The molecule has 2 unspecified atom stereocenters. The van der Waals surface area contributed by atoms with E-state index in [9.17, 15) is 5.26 Å². The predicted octanol–water partition coefficient (Wildman–Crippen LogP) is 2.14. The molecule has 1 fully saturated rings. The highest BCUT2D eigenvalue weighted by atomic mass is 16.5. The number of rotatable bonds is 2. The lowest BCUT2D eigenvalue weighted by Gasteiger charge is -2.40. The summed E-state index contributed by atoms with van der Waals surface area (Å²) in [6.45, 7) is 5.73. The maximum Gasteiger partial charge on any atom is 0.101 e. The minimum atomic E-state index is 0.192. The maximum atomic E-state index is 9.23. The molecule has 1 aliphatic heterocycles. The predicted molar refractivity (Wildman–Crippen MR) is 72.4 cm³/mol. The standard InChI is InChI=1S/C14H19N3O/c1-3-13-9-18-10(2)8-17(13)14-5-4-12(16)6-11(14)7-15/h4-6,10,13H,3,8-9,16H2,1-2H3. The SMILES string of the molecule is CCC1COC(C)CN1c1ccc(N)cc1C#N. The maximum absolute atomic E-state index is 9.23. The Bertz CT molecular complexity index is 467. The number of nitrogens with two attached hydrogens (primary N) is 1. The first-order valence-corrected chi connectivity index (χ1v) is 6.33. The lowest BCUT2D eigenvalue weighted by molar-refractivity contribution is 0.0299. The summed E-state index contributed by atoms with van der Waals surface area (Å²) in [6.07, 6.45) is 1.19. The average Bonchev–Trinajstić information content (AvgIpc) is 2.38. The molecule has 0 radical (unpaired) electrons. The van der Waals surface area contributed by atoms with Gasteiger partial charge in [0.05, 0.1) is 30.0 Å². The van der Waals surface area contributed by atoms with Crippen LogP contribution >= 0.6 is 0 Å². The van der Waals surface area contributed by atoms with Gasteiger partial charge in [-0.2, -0.15) is 5.26 Å². The lowest BCUT2D eigenvalue weighted by atomic mass is 10.1. The van der Waals surface area contributed by atoms with Gasteiger partial charge in [0, 0.05) is 12.2 Å². The molecule has 0 amide bonds. The highest BCUT2D eigenvalue weighted by molar-refractivity contribution is 5.65. The topological polar surface area (TPSA) is 62.3 Å². The fourth-order valence-corrected chi connectivity index (χ4v) is 2.37. The second-order valence-corrected chi connectivity index (χ2v) is 4.75. The summed E-state index contributed by atoms with van der Waals surface area (Å²) in [5, 5.41) is 9.23. The summed E-state index contributed by atoms with van der Waals surface area (Å²) >= 11 is 0. The molecule has 1 aliphatic rings. The van der Waals surface area contributed by atoms with Crippen molar-refractivity contribution in [3.63, 3.8) is 0 Å². The van der Waals surface area contributed by atoms with Crippen LogP contribution < -0.4 is 10.6 Å². The molecule has 2 rings (SSSR count). The van der Waals surface area contributed by atoms with E-state index in [1.165, 1.54) is 0 Å². The van der Waals surface area contributed by atoms with Crippen molar-refractivity contribution in [2.45, 2.75) is 32.4 Å². The number of ether oxygens (including phenoxy) is 1. The Kier molecular flexibility index (Phi) is 3.73. The zero-order chi connectivity index (χ0) is 13.1. The van der Waals surface area contributed by atoms with Crippen molar-refractivity contribution in [1.82, 2.24) is 0 Å². The van der Waals surface area contributed by atoms with Crippen molar-refractivity contribution in [2.24, 2.45) is 0 Å². The third-order valence-corrected chi connectivity index (χ3v) is 3.39. The summed E-state index contributed by atoms with van der Waals surface area (Å²) in [5.41, 5.74) is 7.97. The van der Waals surface area contributed by atoms with E-state index in [1.807, 2.05) is 12.1 Å². The average molecular weight is 245 g/mol. The van der Waals surface area contributed by atoms with Gasteiger partial charge in [-0.25, -0.2) is 0 Å². The van der Waals surface area contributed by atoms with Crippen LogP contribution in [-0.2, 0) is 4.74 Å². The summed E-state index contributed by atoms with van der Waals surface area (Å²) in [5.74, 6) is 0. The number of nitriles is 1. The van der Waals surface area contributed by atoms with Crippen LogP contribution in [0.25, 0.3) is 0 Å². The van der Waals surface area contributed by atoms with Crippen molar-refractivity contribution in [1.29, 1.82) is 5.26 Å². The first kappa shape index (κ1) is 12.7. The minimum Gasteiger partial charge on any atom is -0.399 e. The molecule has 1 heterocycles. The number of morpholine rings is 1. The molecule has 18 heavy (non-hydrogen) atoms. The third kappa shape index (κ3) is 2.41. The fourth-order valence-electron chi connectivity index (χ4n) is 2.37. The molecule has 1 aromatic carbocycles. The van der Waals surface area contributed by atoms with E-state index in [2.05, 4.69) is 24.8 Å². The molecule has 0 bridgehead atoms. The van der Waals surface area contributed by atoms with E-state index in [4.69, 9.17) is 10.5 Å². The fraction of sp³-hybridized carbons (Fsp3) is 0.500. The Morgan fingerprint density at radius 3 is 3.00 bits per heavy atom. The molecule has 96 valence electrons. The first-order chi connectivity index (χ1) is 8.65. The Morgan fingerprint density at radius 2 is 2.33 bits per heavy atom. The van der Waals surface area contributed by atoms with E-state index in [0.717, 1.165) is 18.7 Å². The van der Waals surface area contributed by atoms with Gasteiger partial charge in [0.15, 0.2) is 0 Å². The quantitative estimate of drug-likeness (QED) is 0.811. The summed E-state index contributed by atoms with van der Waals surface area (Å²) in [4.78, 5) is 2.27. The van der Waals surface area contributed by atoms with Crippen molar-refractivity contribution in [2.75, 3.05) is 23.8 Å². The molecule has 2 N–H and O–H groups in total. The van der Waals surface area contributed by atoms with Crippen LogP contribution in [0.2, 0.25) is 0 Å². The molecule has 0 aliphatic carbocycles. The lowest BCUT2D eigenvalue weighted by Crippen LogP contribution is -2.49. The monoisotopic (exact) mass is 245 g/mol. The smallest absolute Gasteiger partial charge is 0.101 e. The van der Waals surface area contributed by atoms with Gasteiger partial charge in [-0.1, -0.05) is 6.92 Å². The van der Waals surface area contributed by atoms with Crippen LogP contribution in [-0.4, -0.2) is 25.3 Å². The molecule has 1 saturated heterocycles. The van der Waals surface area contributed by atoms with Crippen LogP contribution in [0, 0.1) is 11.3 Å². The molecule has 4 heteroatoms. The first-order valence-electron chi connectivity index (χ1n) is 6.33. The van der Waals surface area contributed by atoms with E-state index >= 15 is 0 Å². The van der Waals surface area contributed by atoms with E-state index in [0.29, 0.717) is 23.9 Å². The summed E-state index contributed by atoms with van der Waals surface area (Å²) < 4.78 is 5.68. The second kappa shape index (κ2) is 5.28. The van der Waals surface area contributed by atoms with Crippen LogP contribution in [0.15, 0.2) is 18.2 Å². The zero-order valence-electron chi connectivity index (χ0n) is 10.9. The van der Waals surface area contributed by atoms with Crippen molar-refractivity contribution in [3.8, 4) is 6.07 Å². The number of anilines is 2. The summed E-state index contributed by atoms with van der Waals surface area (Å²) in [7, 11) is 0. The Balaban J connectivity index is 2.36. The van der Waals surface area contributed by atoms with Crippen molar-refractivity contribution < 1.29 is 4.74 Å². The summed E-state index contributed by atoms with van der Waals surface area (Å²) in [6, 6.07) is 8.09. The van der Waals surface area contributed by atoms with Gasteiger partial charge >= 0.3 is 0 Å². The Morgan fingerprint density at radius 1 is 1.56 bits per heavy atom. The van der Waals surface area contributed by atoms with Gasteiger partial charge < -0.3 is 15.4 Å². The number of nitrogens with zero attached hydrogens (tertiary/aromatic N) is 2. The van der Waals surface area contributed by atoms with Crippen LogP contribution in [0.4, 0.5) is 11.4 Å². The molecule has 2 atom stereocenters. The van der Waals surface area contributed by atoms with Crippen molar-refractivity contribution in [3.05, 3.63) is 23.8 Å². The highest BCUT2D eigenvalue weighted by Gasteiger charge is 2.27. The van der Waals surface area contributed by atoms with Gasteiger partial charge in [0.1, 0.15) is 6.07 Å². The van der Waals surface area contributed by atoms with Crippen LogP contribution in [0.1, 0.15) is 25.8 Å². The second-order valence-electron chi connectivity index (χ2n) is 4.75. The van der Waals surface area contributed by atoms with E-state index in [1.54, 1.807) is 6.07 Å². The number of benzene rings is 1. The van der Waals surface area contributed by atoms with Crippen LogP contribution in [0.3, 0.4) is 0 Å². The molecular weight excluding hydrogens is 226 g/mol. The number of hydrogen-bond donors (Lipinski definition) is 1. The van der Waals surface area contributed by atoms with Crippen molar-refractivity contribution >= 4 is 11.4 Å². The number of nitrogen functional groups attached to an aromatic ring is 1. The van der Waals surface area contributed by atoms with Gasteiger partial charge in [-0.3, -0.25) is 0 Å². The van der Waals surface area contributed by atoms with E-state index < -0.39 is 0 Å².